The quantitative estimate of drug-likeness (QED) is 0.798. The zero-order chi connectivity index (χ0) is 17.6. The Morgan fingerprint density at radius 1 is 0.960 bits per heavy atom. The van der Waals surface area contributed by atoms with Crippen molar-refractivity contribution in [1.82, 2.24) is 9.55 Å². The molecular formula is C21H21N3O. The first-order valence-electron chi connectivity index (χ1n) is 8.55. The molecule has 3 unspecified atom stereocenters. The Kier molecular flexibility index (Phi) is 3.68. The highest BCUT2D eigenvalue weighted by Gasteiger charge is 2.49. The first-order valence-corrected chi connectivity index (χ1v) is 8.55. The van der Waals surface area contributed by atoms with Crippen molar-refractivity contribution in [3.8, 4) is 11.1 Å². The van der Waals surface area contributed by atoms with E-state index in [4.69, 9.17) is 5.73 Å². The summed E-state index contributed by atoms with van der Waals surface area (Å²) in [5, 5.41) is 0. The molecule has 1 aromatic heterocycles. The van der Waals surface area contributed by atoms with Gasteiger partial charge in [0.25, 0.3) is 5.56 Å². The van der Waals surface area contributed by atoms with Gasteiger partial charge in [-0.1, -0.05) is 61.5 Å². The highest BCUT2D eigenvalue weighted by molar-refractivity contribution is 5.64. The van der Waals surface area contributed by atoms with Crippen molar-refractivity contribution in [1.29, 1.82) is 0 Å². The molecule has 4 heteroatoms. The van der Waals surface area contributed by atoms with Crippen LogP contribution in [0.1, 0.15) is 30.0 Å². The Morgan fingerprint density at radius 2 is 1.68 bits per heavy atom. The van der Waals surface area contributed by atoms with E-state index < -0.39 is 0 Å². The fourth-order valence-corrected chi connectivity index (χ4v) is 3.73. The molecule has 3 atom stereocenters. The molecule has 0 bridgehead atoms. The monoisotopic (exact) mass is 331 g/mol. The third-order valence-corrected chi connectivity index (χ3v) is 5.29. The number of anilines is 1. The molecule has 1 saturated carbocycles. The van der Waals surface area contributed by atoms with E-state index in [1.54, 1.807) is 13.1 Å². The largest absolute Gasteiger partial charge is 0.369 e. The smallest absolute Gasteiger partial charge is 0.254 e. The van der Waals surface area contributed by atoms with Crippen LogP contribution in [-0.4, -0.2) is 9.55 Å². The van der Waals surface area contributed by atoms with Gasteiger partial charge in [-0.05, 0) is 28.5 Å². The van der Waals surface area contributed by atoms with Gasteiger partial charge in [-0.3, -0.25) is 9.36 Å². The molecule has 0 amide bonds. The molecule has 1 aliphatic carbocycles. The van der Waals surface area contributed by atoms with Crippen molar-refractivity contribution in [2.75, 3.05) is 5.73 Å². The van der Waals surface area contributed by atoms with Gasteiger partial charge in [0.2, 0.25) is 5.95 Å². The lowest BCUT2D eigenvalue weighted by Crippen LogP contribution is -2.21. The van der Waals surface area contributed by atoms with Crippen molar-refractivity contribution in [3.05, 3.63) is 82.3 Å². The Hall–Kier alpha value is -2.88. The van der Waals surface area contributed by atoms with Crippen LogP contribution >= 0.6 is 0 Å². The Morgan fingerprint density at radius 3 is 2.40 bits per heavy atom. The molecule has 2 aromatic carbocycles. The first kappa shape index (κ1) is 15.6. The first-order chi connectivity index (χ1) is 12.1. The van der Waals surface area contributed by atoms with Crippen molar-refractivity contribution >= 4 is 5.95 Å². The van der Waals surface area contributed by atoms with Crippen LogP contribution < -0.4 is 11.3 Å². The lowest BCUT2D eigenvalue weighted by atomic mass is 10.00. The predicted molar refractivity (Wildman–Crippen MR) is 100 cm³/mol. The summed E-state index contributed by atoms with van der Waals surface area (Å²) in [5.74, 6) is 1.35. The van der Waals surface area contributed by atoms with E-state index in [9.17, 15) is 4.79 Å². The summed E-state index contributed by atoms with van der Waals surface area (Å²) in [6.07, 6.45) is 0. The van der Waals surface area contributed by atoms with E-state index in [-0.39, 0.29) is 17.4 Å². The third kappa shape index (κ3) is 2.74. The van der Waals surface area contributed by atoms with Crippen molar-refractivity contribution < 1.29 is 0 Å². The highest BCUT2D eigenvalue weighted by Crippen LogP contribution is 2.59. The zero-order valence-electron chi connectivity index (χ0n) is 14.4. The van der Waals surface area contributed by atoms with E-state index in [1.807, 2.05) is 6.07 Å². The molecule has 4 nitrogen and oxygen atoms in total. The number of nitrogen functional groups attached to an aromatic ring is 1. The number of nitrogens with two attached hydrogens (primary N) is 1. The summed E-state index contributed by atoms with van der Waals surface area (Å²) in [7, 11) is 1.64. The number of benzene rings is 2. The summed E-state index contributed by atoms with van der Waals surface area (Å²) < 4.78 is 1.38. The molecule has 0 aliphatic heterocycles. The SMILES string of the molecule is CC1C(c2cccc(-c3ccccc3)c2)C1c1cc(=O)n(C)c(N)n1. The molecule has 2 N–H and O–H groups in total. The Bertz CT molecular complexity index is 978. The summed E-state index contributed by atoms with van der Waals surface area (Å²) in [6, 6.07) is 20.6. The third-order valence-electron chi connectivity index (χ3n) is 5.29. The minimum absolute atomic E-state index is 0.0987. The van der Waals surface area contributed by atoms with E-state index in [2.05, 4.69) is 60.4 Å². The van der Waals surface area contributed by atoms with Crippen LogP contribution in [0.5, 0.6) is 0 Å². The van der Waals surface area contributed by atoms with Crippen LogP contribution in [0.3, 0.4) is 0 Å². The second kappa shape index (κ2) is 5.88. The van der Waals surface area contributed by atoms with E-state index in [0.29, 0.717) is 11.8 Å². The molecule has 4 rings (SSSR count). The molecule has 25 heavy (non-hydrogen) atoms. The standard InChI is InChI=1S/C21H21N3O/c1-13-19(20(13)17-12-18(25)24(2)21(22)23-17)16-10-6-9-15(11-16)14-7-4-3-5-8-14/h3-13,19-20H,1-2H3,(H2,22,23). The van der Waals surface area contributed by atoms with Gasteiger partial charge in [0, 0.05) is 19.0 Å². The average molecular weight is 331 g/mol. The number of hydrogen-bond acceptors (Lipinski definition) is 3. The van der Waals surface area contributed by atoms with Gasteiger partial charge in [-0.2, -0.15) is 0 Å². The maximum Gasteiger partial charge on any atom is 0.254 e. The van der Waals surface area contributed by atoms with Crippen LogP contribution in [0, 0.1) is 5.92 Å². The number of aromatic nitrogens is 2. The number of rotatable bonds is 3. The summed E-state index contributed by atoms with van der Waals surface area (Å²) in [6.45, 7) is 2.21. The fraction of sp³-hybridized carbons (Fsp3) is 0.238. The molecule has 126 valence electrons. The second-order valence-electron chi connectivity index (χ2n) is 6.84. The molecule has 3 aromatic rings. The summed E-state index contributed by atoms with van der Waals surface area (Å²) in [5.41, 5.74) is 10.3. The van der Waals surface area contributed by atoms with Crippen LogP contribution in [0.15, 0.2) is 65.5 Å². The molecule has 0 spiro atoms. The molecule has 0 radical (unpaired) electrons. The van der Waals surface area contributed by atoms with Gasteiger partial charge in [-0.15, -0.1) is 0 Å². The van der Waals surface area contributed by atoms with Crippen molar-refractivity contribution in [2.45, 2.75) is 18.8 Å². The zero-order valence-corrected chi connectivity index (χ0v) is 14.4. The van der Waals surface area contributed by atoms with Gasteiger partial charge >= 0.3 is 0 Å². The van der Waals surface area contributed by atoms with Crippen molar-refractivity contribution in [2.24, 2.45) is 13.0 Å². The normalized spacial score (nSPS) is 21.9. The van der Waals surface area contributed by atoms with Gasteiger partial charge in [0.05, 0.1) is 5.69 Å². The molecule has 0 saturated heterocycles. The van der Waals surface area contributed by atoms with Gasteiger partial charge in [0.15, 0.2) is 0 Å². The molecule has 1 fully saturated rings. The lowest BCUT2D eigenvalue weighted by molar-refractivity contribution is 0.802. The maximum absolute atomic E-state index is 12.0. The van der Waals surface area contributed by atoms with Gasteiger partial charge < -0.3 is 5.73 Å². The maximum atomic E-state index is 12.0. The molecular weight excluding hydrogens is 310 g/mol. The minimum Gasteiger partial charge on any atom is -0.369 e. The van der Waals surface area contributed by atoms with Gasteiger partial charge in [-0.25, -0.2) is 4.98 Å². The van der Waals surface area contributed by atoms with E-state index in [0.717, 1.165) is 5.69 Å². The average Bonchev–Trinajstić information content (AvgIpc) is 3.31. The molecule has 1 heterocycles. The highest BCUT2D eigenvalue weighted by atomic mass is 16.1. The van der Waals surface area contributed by atoms with Crippen LogP contribution in [0.2, 0.25) is 0 Å². The predicted octanol–water partition coefficient (Wildman–Crippen LogP) is 3.55. The van der Waals surface area contributed by atoms with E-state index >= 15 is 0 Å². The molecule has 1 aliphatic rings. The Balaban J connectivity index is 1.67. The lowest BCUT2D eigenvalue weighted by Gasteiger charge is -2.07. The van der Waals surface area contributed by atoms with Crippen LogP contribution in [0.25, 0.3) is 11.1 Å². The fourth-order valence-electron chi connectivity index (χ4n) is 3.73. The summed E-state index contributed by atoms with van der Waals surface area (Å²) in [4.78, 5) is 16.5. The second-order valence-corrected chi connectivity index (χ2v) is 6.84. The van der Waals surface area contributed by atoms with E-state index in [1.165, 1.54) is 21.3 Å². The summed E-state index contributed by atoms with van der Waals surface area (Å²) >= 11 is 0. The number of nitrogens with zero attached hydrogens (tertiary/aromatic N) is 2. The van der Waals surface area contributed by atoms with Crippen LogP contribution in [-0.2, 0) is 7.05 Å². The minimum atomic E-state index is -0.0987. The number of hydrogen-bond donors (Lipinski definition) is 1. The topological polar surface area (TPSA) is 60.9 Å². The Labute approximate surface area is 147 Å². The van der Waals surface area contributed by atoms with Gasteiger partial charge in [0.1, 0.15) is 0 Å². The van der Waals surface area contributed by atoms with Crippen LogP contribution in [0.4, 0.5) is 5.95 Å². The van der Waals surface area contributed by atoms with Crippen molar-refractivity contribution in [3.63, 3.8) is 0 Å².